The van der Waals surface area contributed by atoms with Gasteiger partial charge in [0.25, 0.3) is 0 Å². The molecule has 0 aromatic rings. The van der Waals surface area contributed by atoms with Crippen molar-refractivity contribution in [1.82, 2.24) is 0 Å². The first-order valence-corrected chi connectivity index (χ1v) is 4.45. The molecular weight excluding hydrogens is 136 g/mol. The monoisotopic (exact) mass is 152 g/mol. The van der Waals surface area contributed by atoms with Crippen LogP contribution in [0.1, 0.15) is 39.5 Å². The zero-order chi connectivity index (χ0) is 8.27. The Balaban J connectivity index is 2.34. The van der Waals surface area contributed by atoms with Gasteiger partial charge in [-0.2, -0.15) is 0 Å². The Hall–Kier alpha value is -0.590. The van der Waals surface area contributed by atoms with E-state index in [1.165, 1.54) is 18.4 Å². The highest BCUT2D eigenvalue weighted by Gasteiger charge is 2.21. The normalized spacial score (nSPS) is 24.0. The molecule has 0 fully saturated rings. The maximum atomic E-state index is 11.2. The Morgan fingerprint density at radius 1 is 1.64 bits per heavy atom. The summed E-state index contributed by atoms with van der Waals surface area (Å²) in [6.45, 7) is 4.21. The molecule has 0 amide bonds. The van der Waals surface area contributed by atoms with Gasteiger partial charge in [-0.05, 0) is 25.8 Å². The smallest absolute Gasteiger partial charge is 0.159 e. The number of hydrogen-bond acceptors (Lipinski definition) is 1. The van der Waals surface area contributed by atoms with Gasteiger partial charge in [0.1, 0.15) is 0 Å². The molecule has 1 nitrogen and oxygen atoms in total. The molecule has 0 saturated carbocycles. The molecule has 0 spiro atoms. The molecule has 0 heterocycles. The van der Waals surface area contributed by atoms with Gasteiger partial charge in [0.15, 0.2) is 5.78 Å². The van der Waals surface area contributed by atoms with Crippen molar-refractivity contribution in [3.05, 3.63) is 11.6 Å². The molecule has 1 heteroatoms. The second-order valence-corrected chi connectivity index (χ2v) is 3.44. The third kappa shape index (κ3) is 2.18. The van der Waals surface area contributed by atoms with Gasteiger partial charge >= 0.3 is 0 Å². The van der Waals surface area contributed by atoms with Crippen LogP contribution in [0.4, 0.5) is 0 Å². The highest BCUT2D eigenvalue weighted by molar-refractivity contribution is 5.94. The summed E-state index contributed by atoms with van der Waals surface area (Å²) < 4.78 is 0. The molecule has 0 radical (unpaired) electrons. The number of unbranched alkanes of at least 4 members (excludes halogenated alkanes) is 1. The van der Waals surface area contributed by atoms with Crippen molar-refractivity contribution >= 4 is 5.78 Å². The van der Waals surface area contributed by atoms with E-state index < -0.39 is 0 Å². The minimum Gasteiger partial charge on any atom is -0.295 e. The molecule has 1 atom stereocenters. The lowest BCUT2D eigenvalue weighted by Gasteiger charge is -2.05. The molecule has 0 saturated heterocycles. The van der Waals surface area contributed by atoms with Gasteiger partial charge in [0.05, 0.1) is 0 Å². The average molecular weight is 152 g/mol. The maximum Gasteiger partial charge on any atom is 0.159 e. The van der Waals surface area contributed by atoms with Crippen molar-refractivity contribution in [3.63, 3.8) is 0 Å². The summed E-state index contributed by atoms with van der Waals surface area (Å²) in [5.74, 6) is 0.686. The van der Waals surface area contributed by atoms with E-state index in [0.29, 0.717) is 11.7 Å². The van der Waals surface area contributed by atoms with E-state index >= 15 is 0 Å². The SMILES string of the molecule is CCCCC1CC(C)=CC1=O. The highest BCUT2D eigenvalue weighted by Crippen LogP contribution is 2.25. The van der Waals surface area contributed by atoms with Gasteiger partial charge in [0, 0.05) is 5.92 Å². The van der Waals surface area contributed by atoms with Gasteiger partial charge in [-0.25, -0.2) is 0 Å². The van der Waals surface area contributed by atoms with Gasteiger partial charge < -0.3 is 0 Å². The fourth-order valence-electron chi connectivity index (χ4n) is 1.60. The van der Waals surface area contributed by atoms with Crippen LogP contribution in [0, 0.1) is 5.92 Å². The van der Waals surface area contributed by atoms with Crippen molar-refractivity contribution < 1.29 is 4.79 Å². The first-order valence-electron chi connectivity index (χ1n) is 4.45. The number of carbonyl (C=O) groups is 1. The molecule has 1 aliphatic carbocycles. The molecule has 62 valence electrons. The van der Waals surface area contributed by atoms with Crippen molar-refractivity contribution in [2.75, 3.05) is 0 Å². The van der Waals surface area contributed by atoms with Crippen LogP contribution < -0.4 is 0 Å². The number of rotatable bonds is 3. The number of ketones is 1. The minimum absolute atomic E-state index is 0.329. The largest absolute Gasteiger partial charge is 0.295 e. The summed E-state index contributed by atoms with van der Waals surface area (Å²) in [6, 6.07) is 0. The quantitative estimate of drug-likeness (QED) is 0.607. The Morgan fingerprint density at radius 2 is 2.36 bits per heavy atom. The van der Waals surface area contributed by atoms with Crippen LogP contribution in [0.5, 0.6) is 0 Å². The van der Waals surface area contributed by atoms with Gasteiger partial charge in [-0.1, -0.05) is 25.3 Å². The van der Waals surface area contributed by atoms with Crippen LogP contribution in [-0.2, 0) is 4.79 Å². The summed E-state index contributed by atoms with van der Waals surface area (Å²) in [6.07, 6.45) is 6.29. The molecule has 1 aliphatic rings. The summed E-state index contributed by atoms with van der Waals surface area (Å²) in [4.78, 5) is 11.2. The van der Waals surface area contributed by atoms with Crippen LogP contribution >= 0.6 is 0 Å². The van der Waals surface area contributed by atoms with Crippen LogP contribution in [0.3, 0.4) is 0 Å². The molecule has 0 bridgehead atoms. The second-order valence-electron chi connectivity index (χ2n) is 3.44. The van der Waals surface area contributed by atoms with E-state index in [1.54, 1.807) is 6.08 Å². The lowest BCUT2D eigenvalue weighted by atomic mass is 9.98. The highest BCUT2D eigenvalue weighted by atomic mass is 16.1. The molecule has 0 aromatic carbocycles. The van der Waals surface area contributed by atoms with E-state index in [9.17, 15) is 4.79 Å². The average Bonchev–Trinajstić information content (AvgIpc) is 2.26. The number of allylic oxidation sites excluding steroid dienone is 2. The van der Waals surface area contributed by atoms with Gasteiger partial charge in [-0.15, -0.1) is 0 Å². The first-order chi connectivity index (χ1) is 5.24. The Bertz CT molecular complexity index is 179. The molecule has 0 aromatic heterocycles. The van der Waals surface area contributed by atoms with E-state index in [1.807, 2.05) is 6.92 Å². The van der Waals surface area contributed by atoms with Crippen molar-refractivity contribution in [2.24, 2.45) is 5.92 Å². The first kappa shape index (κ1) is 8.51. The molecule has 0 aliphatic heterocycles. The van der Waals surface area contributed by atoms with Crippen LogP contribution in [0.2, 0.25) is 0 Å². The fourth-order valence-corrected chi connectivity index (χ4v) is 1.60. The standard InChI is InChI=1S/C10H16O/c1-3-4-5-9-6-8(2)7-10(9)11/h7,9H,3-6H2,1-2H3. The van der Waals surface area contributed by atoms with E-state index in [0.717, 1.165) is 12.8 Å². The second kappa shape index (κ2) is 3.70. The zero-order valence-corrected chi connectivity index (χ0v) is 7.39. The molecule has 0 N–H and O–H groups in total. The minimum atomic E-state index is 0.329. The third-order valence-electron chi connectivity index (χ3n) is 2.27. The topological polar surface area (TPSA) is 17.1 Å². The van der Waals surface area contributed by atoms with E-state index in [4.69, 9.17) is 0 Å². The zero-order valence-electron chi connectivity index (χ0n) is 7.39. The molecule has 11 heavy (non-hydrogen) atoms. The Labute approximate surface area is 68.5 Å². The summed E-state index contributed by atoms with van der Waals surface area (Å²) in [7, 11) is 0. The van der Waals surface area contributed by atoms with Crippen LogP contribution in [-0.4, -0.2) is 5.78 Å². The predicted octanol–water partition coefficient (Wildman–Crippen LogP) is 2.71. The van der Waals surface area contributed by atoms with E-state index in [2.05, 4.69) is 6.92 Å². The molecule has 1 rings (SSSR count). The third-order valence-corrected chi connectivity index (χ3v) is 2.27. The Kier molecular flexibility index (Phi) is 2.86. The van der Waals surface area contributed by atoms with Crippen LogP contribution in [0.15, 0.2) is 11.6 Å². The lowest BCUT2D eigenvalue weighted by molar-refractivity contribution is -0.117. The molecular formula is C10H16O. The van der Waals surface area contributed by atoms with Crippen molar-refractivity contribution in [2.45, 2.75) is 39.5 Å². The maximum absolute atomic E-state index is 11.2. The van der Waals surface area contributed by atoms with E-state index in [-0.39, 0.29) is 0 Å². The summed E-state index contributed by atoms with van der Waals surface area (Å²) in [5, 5.41) is 0. The number of hydrogen-bond donors (Lipinski definition) is 0. The van der Waals surface area contributed by atoms with Gasteiger partial charge in [-0.3, -0.25) is 4.79 Å². The lowest BCUT2D eigenvalue weighted by Crippen LogP contribution is -2.05. The van der Waals surface area contributed by atoms with Crippen molar-refractivity contribution in [3.8, 4) is 0 Å². The van der Waals surface area contributed by atoms with Gasteiger partial charge in [0.2, 0.25) is 0 Å². The van der Waals surface area contributed by atoms with Crippen LogP contribution in [0.25, 0.3) is 0 Å². The fraction of sp³-hybridized carbons (Fsp3) is 0.700. The number of carbonyl (C=O) groups excluding carboxylic acids is 1. The Morgan fingerprint density at radius 3 is 2.82 bits per heavy atom. The summed E-state index contributed by atoms with van der Waals surface area (Å²) in [5.41, 5.74) is 1.26. The predicted molar refractivity (Wildman–Crippen MR) is 46.4 cm³/mol. The summed E-state index contributed by atoms with van der Waals surface area (Å²) >= 11 is 0. The molecule has 1 unspecified atom stereocenters. The van der Waals surface area contributed by atoms with Crippen molar-refractivity contribution in [1.29, 1.82) is 0 Å².